The van der Waals surface area contributed by atoms with Crippen LogP contribution in [-0.2, 0) is 15.1 Å². The zero-order valence-electron chi connectivity index (χ0n) is 12.3. The van der Waals surface area contributed by atoms with E-state index in [2.05, 4.69) is 23.7 Å². The molecule has 22 heavy (non-hydrogen) atoms. The molecule has 0 saturated heterocycles. The van der Waals surface area contributed by atoms with E-state index in [-0.39, 0.29) is 0 Å². The first-order valence-electron chi connectivity index (χ1n) is 6.67. The van der Waals surface area contributed by atoms with Gasteiger partial charge in [0.05, 0.1) is 0 Å². The predicted octanol–water partition coefficient (Wildman–Crippen LogP) is 1.88. The third-order valence-electron chi connectivity index (χ3n) is 2.50. The third-order valence-corrected chi connectivity index (χ3v) is 2.50. The molecule has 1 rings (SSSR count). The van der Waals surface area contributed by atoms with Crippen LogP contribution >= 0.6 is 0 Å². The highest BCUT2D eigenvalue weighted by Gasteiger charge is 2.33. The van der Waals surface area contributed by atoms with Gasteiger partial charge < -0.3 is 10.5 Å². The van der Waals surface area contributed by atoms with Crippen LogP contribution < -0.4 is 5.73 Å². The molecule has 1 aromatic rings. The molecule has 0 spiro atoms. The minimum atomic E-state index is -1.62. The number of benzene rings is 1. The maximum atomic E-state index is 11.3. The Balaban J connectivity index is 3.06. The van der Waals surface area contributed by atoms with Crippen LogP contribution in [0, 0.1) is 35.0 Å². The fraction of sp³-hybridized carbons (Fsp3) is 0.222. The molecule has 2 N–H and O–H groups in total. The molecule has 1 aromatic carbocycles. The second-order valence-corrected chi connectivity index (χ2v) is 4.22. The summed E-state index contributed by atoms with van der Waals surface area (Å²) < 4.78 is 5.16. The van der Waals surface area contributed by atoms with Crippen LogP contribution in [0.4, 0.5) is 0 Å². The summed E-state index contributed by atoms with van der Waals surface area (Å²) in [6.07, 6.45) is 3.67. The Morgan fingerprint density at radius 3 is 2.59 bits per heavy atom. The molecule has 0 heterocycles. The number of carbonyl (C=O) groups excluding carboxylic acids is 1. The molecule has 0 fully saturated rings. The molecule has 0 amide bonds. The summed E-state index contributed by atoms with van der Waals surface area (Å²) in [4.78, 5) is 11.3. The smallest absolute Gasteiger partial charge is 0.305 e. The van der Waals surface area contributed by atoms with E-state index in [1.165, 1.54) is 13.0 Å². The van der Waals surface area contributed by atoms with Crippen LogP contribution in [0.3, 0.4) is 0 Å². The zero-order valence-corrected chi connectivity index (χ0v) is 12.3. The molecular formula is C18H16N2O2. The van der Waals surface area contributed by atoms with Crippen molar-refractivity contribution in [3.05, 3.63) is 48.0 Å². The molecule has 0 radical (unpaired) electrons. The van der Waals surface area contributed by atoms with Gasteiger partial charge in [0, 0.05) is 25.5 Å². The van der Waals surface area contributed by atoms with E-state index in [1.54, 1.807) is 36.4 Å². The summed E-state index contributed by atoms with van der Waals surface area (Å²) in [7, 11) is 0. The molecule has 0 bridgehead atoms. The minimum Gasteiger partial charge on any atom is -0.428 e. The van der Waals surface area contributed by atoms with E-state index in [9.17, 15) is 10.1 Å². The van der Waals surface area contributed by atoms with Crippen molar-refractivity contribution >= 4 is 5.97 Å². The van der Waals surface area contributed by atoms with Crippen molar-refractivity contribution in [1.29, 1.82) is 5.26 Å². The van der Waals surface area contributed by atoms with Crippen molar-refractivity contribution in [3.63, 3.8) is 0 Å². The van der Waals surface area contributed by atoms with Gasteiger partial charge >= 0.3 is 5.97 Å². The van der Waals surface area contributed by atoms with E-state index in [0.717, 1.165) is 0 Å². The van der Waals surface area contributed by atoms with Crippen LogP contribution in [0.15, 0.2) is 42.5 Å². The largest absolute Gasteiger partial charge is 0.428 e. The van der Waals surface area contributed by atoms with Crippen LogP contribution in [0.1, 0.15) is 18.9 Å². The lowest BCUT2D eigenvalue weighted by atomic mass is 9.95. The number of nitrogens with zero attached hydrogens (tertiary/aromatic N) is 1. The topological polar surface area (TPSA) is 76.1 Å². The molecule has 1 atom stereocenters. The molecule has 4 heteroatoms. The number of carbonyl (C=O) groups is 1. The van der Waals surface area contributed by atoms with Crippen molar-refractivity contribution in [2.24, 2.45) is 5.73 Å². The Labute approximate surface area is 130 Å². The molecule has 110 valence electrons. The first-order valence-corrected chi connectivity index (χ1v) is 6.67. The average molecular weight is 292 g/mol. The lowest BCUT2D eigenvalue weighted by molar-refractivity contribution is -0.148. The Morgan fingerprint density at radius 1 is 1.32 bits per heavy atom. The second-order valence-electron chi connectivity index (χ2n) is 4.22. The highest BCUT2D eigenvalue weighted by molar-refractivity contribution is 5.68. The lowest BCUT2D eigenvalue weighted by Crippen LogP contribution is -2.28. The molecule has 0 aliphatic carbocycles. The van der Waals surface area contributed by atoms with Crippen LogP contribution in [0.25, 0.3) is 0 Å². The number of esters is 1. The predicted molar refractivity (Wildman–Crippen MR) is 83.9 cm³/mol. The van der Waals surface area contributed by atoms with E-state index in [1.807, 2.05) is 6.07 Å². The quantitative estimate of drug-likeness (QED) is 0.681. The van der Waals surface area contributed by atoms with Crippen LogP contribution in [0.2, 0.25) is 0 Å². The Morgan fingerprint density at radius 2 is 2.00 bits per heavy atom. The van der Waals surface area contributed by atoms with Gasteiger partial charge in [-0.3, -0.25) is 4.79 Å². The average Bonchev–Trinajstić information content (AvgIpc) is 2.53. The summed E-state index contributed by atoms with van der Waals surface area (Å²) in [5, 5.41) is 9.46. The maximum absolute atomic E-state index is 11.3. The van der Waals surface area contributed by atoms with E-state index >= 15 is 0 Å². The van der Waals surface area contributed by atoms with Gasteiger partial charge in [0.1, 0.15) is 6.07 Å². The van der Waals surface area contributed by atoms with Gasteiger partial charge in [0.15, 0.2) is 0 Å². The number of hydrogen-bond acceptors (Lipinski definition) is 4. The van der Waals surface area contributed by atoms with E-state index in [0.29, 0.717) is 18.5 Å². The number of allylic oxidation sites excluding steroid dienone is 2. The lowest BCUT2D eigenvalue weighted by Gasteiger charge is -2.20. The fourth-order valence-electron chi connectivity index (χ4n) is 1.59. The monoisotopic (exact) mass is 292 g/mol. The molecule has 4 nitrogen and oxygen atoms in total. The highest BCUT2D eigenvalue weighted by atomic mass is 16.6. The Bertz CT molecular complexity index is 694. The summed E-state index contributed by atoms with van der Waals surface area (Å²) in [5.41, 5.74) is 4.20. The number of rotatable bonds is 3. The third kappa shape index (κ3) is 5.17. The van der Waals surface area contributed by atoms with Gasteiger partial charge in [-0.1, -0.05) is 48.1 Å². The highest BCUT2D eigenvalue weighted by Crippen LogP contribution is 2.24. The van der Waals surface area contributed by atoms with Gasteiger partial charge in [-0.25, -0.2) is 0 Å². The molecule has 1 unspecified atom stereocenters. The van der Waals surface area contributed by atoms with E-state index < -0.39 is 11.6 Å². The first kappa shape index (κ1) is 17.1. The summed E-state index contributed by atoms with van der Waals surface area (Å²) in [6.45, 7) is 1.75. The zero-order chi connectivity index (χ0) is 16.3. The Hall–Kier alpha value is -3.00. The molecule has 0 aliphatic rings. The summed E-state index contributed by atoms with van der Waals surface area (Å²) >= 11 is 0. The summed E-state index contributed by atoms with van der Waals surface area (Å²) in [6, 6.07) is 10.7. The number of ether oxygens (including phenoxy) is 1. The molecular weight excluding hydrogens is 276 g/mol. The number of nitrogens with two attached hydrogens (primary N) is 1. The van der Waals surface area contributed by atoms with E-state index in [4.69, 9.17) is 10.5 Å². The van der Waals surface area contributed by atoms with Gasteiger partial charge in [0.25, 0.3) is 5.60 Å². The van der Waals surface area contributed by atoms with Gasteiger partial charge in [-0.2, -0.15) is 5.26 Å². The number of nitriles is 1. The molecule has 0 aliphatic heterocycles. The summed E-state index contributed by atoms with van der Waals surface area (Å²) in [5.74, 6) is 10.4. The first-order chi connectivity index (χ1) is 10.6. The molecule has 0 saturated carbocycles. The molecule has 0 aromatic heterocycles. The van der Waals surface area contributed by atoms with Gasteiger partial charge in [-0.05, 0) is 18.1 Å². The van der Waals surface area contributed by atoms with Crippen molar-refractivity contribution in [3.8, 4) is 29.8 Å². The Kier molecular flexibility index (Phi) is 7.00. The van der Waals surface area contributed by atoms with Crippen LogP contribution in [-0.4, -0.2) is 12.5 Å². The van der Waals surface area contributed by atoms with Crippen molar-refractivity contribution in [1.82, 2.24) is 0 Å². The van der Waals surface area contributed by atoms with Crippen LogP contribution in [0.5, 0.6) is 0 Å². The second kappa shape index (κ2) is 9.03. The fourth-order valence-corrected chi connectivity index (χ4v) is 1.59. The SMILES string of the molecule is CC(=O)OC(C#N)(C#C/C=C\C#CCCN)c1ccccc1. The van der Waals surface area contributed by atoms with Crippen molar-refractivity contribution in [2.45, 2.75) is 18.9 Å². The van der Waals surface area contributed by atoms with Gasteiger partial charge in [-0.15, -0.1) is 0 Å². The maximum Gasteiger partial charge on any atom is 0.305 e. The van der Waals surface area contributed by atoms with Gasteiger partial charge in [0.2, 0.25) is 0 Å². The standard InChI is InChI=1S/C18H16N2O2/c1-16(21)22-18(15-20,17-11-7-6-8-12-17)13-9-4-2-3-5-10-14-19/h2,4,6-8,11-12H,10,14,19H2,1H3/b4-2-. The normalized spacial score (nSPS) is 12.0. The number of hydrogen-bond donors (Lipinski definition) is 1. The van der Waals surface area contributed by atoms with Crippen molar-refractivity contribution < 1.29 is 9.53 Å². The van der Waals surface area contributed by atoms with Crippen molar-refractivity contribution in [2.75, 3.05) is 6.54 Å². The minimum absolute atomic E-state index is 0.503.